The van der Waals surface area contributed by atoms with Crippen LogP contribution in [-0.2, 0) is 14.4 Å². The van der Waals surface area contributed by atoms with E-state index in [1.165, 1.54) is 17.3 Å². The molecular weight excluding hydrogens is 212 g/mol. The van der Waals surface area contributed by atoms with Gasteiger partial charge >= 0.3 is 5.97 Å². The van der Waals surface area contributed by atoms with Crippen LogP contribution in [0.4, 0.5) is 0 Å². The van der Waals surface area contributed by atoms with Gasteiger partial charge in [-0.1, -0.05) is 5.16 Å². The number of esters is 1. The molecule has 0 atom stereocenters. The van der Waals surface area contributed by atoms with E-state index in [0.717, 1.165) is 0 Å². The van der Waals surface area contributed by atoms with Crippen molar-refractivity contribution in [2.24, 2.45) is 5.16 Å². The molecule has 88 valence electrons. The van der Waals surface area contributed by atoms with Crippen LogP contribution >= 0.6 is 0 Å². The van der Waals surface area contributed by atoms with Crippen molar-refractivity contribution in [1.29, 1.82) is 0 Å². The summed E-state index contributed by atoms with van der Waals surface area (Å²) in [6.45, 7) is 5.57. The van der Waals surface area contributed by atoms with Crippen LogP contribution in [0.1, 0.15) is 20.8 Å². The fraction of sp³-hybridized carbons (Fsp3) is 0.556. The zero-order valence-electron chi connectivity index (χ0n) is 9.45. The SMILES string of the molecule is CCOC(=O)/C(=N\OC(C)C)n1cncn1. The van der Waals surface area contributed by atoms with Gasteiger partial charge in [0.1, 0.15) is 18.8 Å². The van der Waals surface area contributed by atoms with Crippen LogP contribution in [0.25, 0.3) is 0 Å². The standard InChI is InChI=1S/C9H14N4O3/c1-4-15-9(14)8(12-16-7(2)3)13-6-10-5-11-13/h5-7H,4H2,1-3H3/b12-8+. The normalized spacial score (nSPS) is 11.6. The minimum Gasteiger partial charge on any atom is -0.460 e. The van der Waals surface area contributed by atoms with Crippen molar-refractivity contribution in [3.63, 3.8) is 0 Å². The van der Waals surface area contributed by atoms with E-state index in [9.17, 15) is 4.79 Å². The fourth-order valence-corrected chi connectivity index (χ4v) is 0.841. The molecule has 1 rings (SSSR count). The van der Waals surface area contributed by atoms with Gasteiger partial charge in [-0.05, 0) is 20.8 Å². The number of carbonyl (C=O) groups excluding carboxylic acids is 1. The molecule has 0 N–H and O–H groups in total. The Morgan fingerprint density at radius 1 is 1.56 bits per heavy atom. The predicted molar refractivity (Wildman–Crippen MR) is 55.7 cm³/mol. The van der Waals surface area contributed by atoms with E-state index in [0.29, 0.717) is 0 Å². The summed E-state index contributed by atoms with van der Waals surface area (Å²) in [4.78, 5) is 20.2. The lowest BCUT2D eigenvalue weighted by molar-refractivity contribution is -0.135. The fourth-order valence-electron chi connectivity index (χ4n) is 0.841. The average molecular weight is 226 g/mol. The first kappa shape index (κ1) is 12.2. The summed E-state index contributed by atoms with van der Waals surface area (Å²) in [7, 11) is 0. The monoisotopic (exact) mass is 226 g/mol. The second kappa shape index (κ2) is 5.84. The molecule has 0 unspecified atom stereocenters. The molecule has 0 aliphatic heterocycles. The van der Waals surface area contributed by atoms with E-state index < -0.39 is 5.97 Å². The van der Waals surface area contributed by atoms with E-state index in [2.05, 4.69) is 15.2 Å². The van der Waals surface area contributed by atoms with Gasteiger partial charge in [-0.25, -0.2) is 9.78 Å². The zero-order valence-corrected chi connectivity index (χ0v) is 9.45. The van der Waals surface area contributed by atoms with Gasteiger partial charge in [0.25, 0.3) is 5.84 Å². The van der Waals surface area contributed by atoms with Crippen LogP contribution in [0, 0.1) is 0 Å². The van der Waals surface area contributed by atoms with Gasteiger partial charge in [0.05, 0.1) is 6.61 Å². The molecule has 0 aliphatic carbocycles. The number of ether oxygens (including phenoxy) is 1. The highest BCUT2D eigenvalue weighted by atomic mass is 16.6. The van der Waals surface area contributed by atoms with Crippen molar-refractivity contribution in [3.8, 4) is 0 Å². The highest BCUT2D eigenvalue weighted by molar-refractivity contribution is 6.35. The second-order valence-electron chi connectivity index (χ2n) is 3.13. The molecular formula is C9H14N4O3. The quantitative estimate of drug-likeness (QED) is 0.323. The molecule has 1 aromatic heterocycles. The third kappa shape index (κ3) is 3.34. The topological polar surface area (TPSA) is 78.6 Å². The third-order valence-electron chi connectivity index (χ3n) is 1.44. The highest BCUT2D eigenvalue weighted by Gasteiger charge is 2.17. The number of hydrogen-bond acceptors (Lipinski definition) is 6. The Balaban J connectivity index is 2.85. The van der Waals surface area contributed by atoms with E-state index >= 15 is 0 Å². The van der Waals surface area contributed by atoms with Crippen molar-refractivity contribution in [2.75, 3.05) is 6.61 Å². The van der Waals surface area contributed by atoms with E-state index in [-0.39, 0.29) is 18.5 Å². The van der Waals surface area contributed by atoms with E-state index in [4.69, 9.17) is 9.57 Å². The van der Waals surface area contributed by atoms with Crippen LogP contribution in [0.3, 0.4) is 0 Å². The van der Waals surface area contributed by atoms with Crippen LogP contribution in [-0.4, -0.2) is 39.3 Å². The Morgan fingerprint density at radius 3 is 2.81 bits per heavy atom. The maximum absolute atomic E-state index is 11.5. The smallest absolute Gasteiger partial charge is 0.379 e. The van der Waals surface area contributed by atoms with Crippen molar-refractivity contribution in [1.82, 2.24) is 14.8 Å². The molecule has 0 saturated carbocycles. The maximum Gasteiger partial charge on any atom is 0.379 e. The molecule has 0 saturated heterocycles. The van der Waals surface area contributed by atoms with Crippen molar-refractivity contribution >= 4 is 11.8 Å². The number of rotatable bonds is 3. The molecule has 0 spiro atoms. The predicted octanol–water partition coefficient (Wildman–Crippen LogP) is 0.428. The summed E-state index contributed by atoms with van der Waals surface area (Å²) in [5.74, 6) is -0.651. The first-order valence-corrected chi connectivity index (χ1v) is 4.91. The minimum absolute atomic E-state index is 0.0481. The van der Waals surface area contributed by atoms with Crippen LogP contribution in [0.15, 0.2) is 17.8 Å². The first-order valence-electron chi connectivity index (χ1n) is 4.91. The maximum atomic E-state index is 11.5. The summed E-state index contributed by atoms with van der Waals surface area (Å²) in [5.41, 5.74) is 0. The number of hydrogen-bond donors (Lipinski definition) is 0. The van der Waals surface area contributed by atoms with Gasteiger partial charge in [0, 0.05) is 0 Å². The minimum atomic E-state index is -0.603. The van der Waals surface area contributed by atoms with Gasteiger partial charge < -0.3 is 9.57 Å². The summed E-state index contributed by atoms with van der Waals surface area (Å²) >= 11 is 0. The van der Waals surface area contributed by atoms with E-state index in [1.807, 2.05) is 0 Å². The number of aromatic nitrogens is 3. The highest BCUT2D eigenvalue weighted by Crippen LogP contribution is 1.94. The zero-order chi connectivity index (χ0) is 12.0. The molecule has 1 heterocycles. The van der Waals surface area contributed by atoms with Crippen LogP contribution in [0.2, 0.25) is 0 Å². The number of oxime groups is 1. The Labute approximate surface area is 93.1 Å². The summed E-state index contributed by atoms with van der Waals surface area (Å²) < 4.78 is 6.02. The lowest BCUT2D eigenvalue weighted by Gasteiger charge is -2.06. The summed E-state index contributed by atoms with van der Waals surface area (Å²) in [5, 5.41) is 7.48. The number of carbonyl (C=O) groups is 1. The van der Waals surface area contributed by atoms with Gasteiger partial charge in [-0.3, -0.25) is 0 Å². The summed E-state index contributed by atoms with van der Waals surface area (Å²) in [6, 6.07) is 0. The van der Waals surface area contributed by atoms with Crippen LogP contribution < -0.4 is 0 Å². The van der Waals surface area contributed by atoms with Gasteiger partial charge in [0.2, 0.25) is 0 Å². The molecule has 0 bridgehead atoms. The molecule has 16 heavy (non-hydrogen) atoms. The lowest BCUT2D eigenvalue weighted by atomic mass is 10.5. The third-order valence-corrected chi connectivity index (χ3v) is 1.44. The molecule has 1 aromatic rings. The van der Waals surface area contributed by atoms with Crippen molar-refractivity contribution in [3.05, 3.63) is 12.7 Å². The molecule has 0 fully saturated rings. The Bertz CT molecular complexity index is 359. The first-order chi connectivity index (χ1) is 7.65. The lowest BCUT2D eigenvalue weighted by Crippen LogP contribution is -2.26. The van der Waals surface area contributed by atoms with Crippen molar-refractivity contribution in [2.45, 2.75) is 26.9 Å². The van der Waals surface area contributed by atoms with E-state index in [1.54, 1.807) is 20.8 Å². The Morgan fingerprint density at radius 2 is 2.31 bits per heavy atom. The molecule has 0 radical (unpaired) electrons. The van der Waals surface area contributed by atoms with Crippen molar-refractivity contribution < 1.29 is 14.4 Å². The van der Waals surface area contributed by atoms with Gasteiger partial charge in [0.15, 0.2) is 0 Å². The molecule has 0 amide bonds. The Hall–Kier alpha value is -1.92. The Kier molecular flexibility index (Phi) is 4.43. The molecule has 7 heteroatoms. The summed E-state index contributed by atoms with van der Waals surface area (Å²) in [6.07, 6.45) is 2.51. The average Bonchev–Trinajstić information content (AvgIpc) is 2.71. The van der Waals surface area contributed by atoms with Crippen LogP contribution in [0.5, 0.6) is 0 Å². The van der Waals surface area contributed by atoms with Gasteiger partial charge in [-0.15, -0.1) is 0 Å². The molecule has 7 nitrogen and oxygen atoms in total. The number of nitrogens with zero attached hydrogens (tertiary/aromatic N) is 4. The second-order valence-corrected chi connectivity index (χ2v) is 3.13. The molecule has 0 aliphatic rings. The molecule has 0 aromatic carbocycles. The largest absolute Gasteiger partial charge is 0.460 e. The van der Waals surface area contributed by atoms with Gasteiger partial charge in [-0.2, -0.15) is 9.78 Å².